The Morgan fingerprint density at radius 3 is 2.75 bits per heavy atom. The van der Waals surface area contributed by atoms with Gasteiger partial charge in [0.15, 0.2) is 5.96 Å². The molecule has 0 saturated carbocycles. The maximum absolute atomic E-state index is 6.15. The highest BCUT2D eigenvalue weighted by atomic mass is 16.5. The molecule has 2 atom stereocenters. The van der Waals surface area contributed by atoms with Crippen LogP contribution in [0.3, 0.4) is 0 Å². The SMILES string of the molecule is CCNC(=NCC(C)c1c(C)noc1C)NC1CC(C)(C)Oc2ccccc21. The molecule has 1 aromatic carbocycles. The average Bonchev–Trinajstić information content (AvgIpc) is 2.97. The molecule has 152 valence electrons. The number of guanidine groups is 1. The number of para-hydroxylation sites is 1. The molecule has 1 aliphatic heterocycles. The van der Waals surface area contributed by atoms with Gasteiger partial charge < -0.3 is 19.9 Å². The summed E-state index contributed by atoms with van der Waals surface area (Å²) < 4.78 is 11.5. The number of aliphatic imine (C=N–C) groups is 1. The van der Waals surface area contributed by atoms with E-state index in [2.05, 4.69) is 55.6 Å². The lowest BCUT2D eigenvalue weighted by atomic mass is 9.90. The summed E-state index contributed by atoms with van der Waals surface area (Å²) in [5, 5.41) is 11.1. The summed E-state index contributed by atoms with van der Waals surface area (Å²) in [7, 11) is 0. The van der Waals surface area contributed by atoms with Gasteiger partial charge in [0.1, 0.15) is 17.1 Å². The van der Waals surface area contributed by atoms with Crippen LogP contribution >= 0.6 is 0 Å². The Kier molecular flexibility index (Phi) is 5.96. The predicted molar refractivity (Wildman–Crippen MR) is 112 cm³/mol. The van der Waals surface area contributed by atoms with E-state index in [9.17, 15) is 0 Å². The van der Waals surface area contributed by atoms with Gasteiger partial charge in [0.2, 0.25) is 0 Å². The van der Waals surface area contributed by atoms with Crippen LogP contribution in [0.5, 0.6) is 5.75 Å². The van der Waals surface area contributed by atoms with Crippen molar-refractivity contribution in [2.75, 3.05) is 13.1 Å². The number of fused-ring (bicyclic) bond motifs is 1. The van der Waals surface area contributed by atoms with Crippen molar-refractivity contribution in [2.45, 2.75) is 65.5 Å². The zero-order valence-corrected chi connectivity index (χ0v) is 17.8. The lowest BCUT2D eigenvalue weighted by molar-refractivity contribution is 0.0694. The van der Waals surface area contributed by atoms with Gasteiger partial charge in [-0.25, -0.2) is 0 Å². The summed E-state index contributed by atoms with van der Waals surface area (Å²) in [6.07, 6.45) is 0.869. The first-order valence-corrected chi connectivity index (χ1v) is 10.1. The maximum Gasteiger partial charge on any atom is 0.191 e. The molecule has 6 heteroatoms. The third kappa shape index (κ3) is 4.49. The highest BCUT2D eigenvalue weighted by Gasteiger charge is 2.34. The first kappa shape index (κ1) is 20.2. The number of benzene rings is 1. The lowest BCUT2D eigenvalue weighted by Crippen LogP contribution is -2.45. The normalized spacial score (nSPS) is 19.5. The van der Waals surface area contributed by atoms with Gasteiger partial charge in [0.05, 0.1) is 11.7 Å². The fourth-order valence-corrected chi connectivity index (χ4v) is 3.93. The molecule has 2 heterocycles. The van der Waals surface area contributed by atoms with Crippen molar-refractivity contribution < 1.29 is 9.26 Å². The number of hydrogen-bond acceptors (Lipinski definition) is 4. The Balaban J connectivity index is 1.78. The van der Waals surface area contributed by atoms with Crippen molar-refractivity contribution in [3.8, 4) is 5.75 Å². The Morgan fingerprint density at radius 1 is 1.32 bits per heavy atom. The molecule has 0 saturated heterocycles. The van der Waals surface area contributed by atoms with Crippen LogP contribution < -0.4 is 15.4 Å². The van der Waals surface area contributed by atoms with E-state index in [1.165, 1.54) is 5.56 Å². The zero-order valence-electron chi connectivity index (χ0n) is 17.8. The van der Waals surface area contributed by atoms with Crippen molar-refractivity contribution in [1.29, 1.82) is 0 Å². The summed E-state index contributed by atoms with van der Waals surface area (Å²) >= 11 is 0. The van der Waals surface area contributed by atoms with Crippen molar-refractivity contribution in [3.63, 3.8) is 0 Å². The third-order valence-electron chi connectivity index (χ3n) is 5.14. The van der Waals surface area contributed by atoms with Gasteiger partial charge in [0, 0.05) is 36.6 Å². The van der Waals surface area contributed by atoms with E-state index >= 15 is 0 Å². The molecule has 0 aliphatic carbocycles. The molecule has 0 bridgehead atoms. The van der Waals surface area contributed by atoms with Crippen LogP contribution in [0, 0.1) is 13.8 Å². The minimum absolute atomic E-state index is 0.145. The van der Waals surface area contributed by atoms with Gasteiger partial charge in [0.25, 0.3) is 0 Å². The first-order valence-electron chi connectivity index (χ1n) is 10.1. The molecule has 28 heavy (non-hydrogen) atoms. The first-order chi connectivity index (χ1) is 13.3. The molecule has 0 amide bonds. The number of nitrogens with one attached hydrogen (secondary N) is 2. The number of aryl methyl sites for hydroxylation is 2. The van der Waals surface area contributed by atoms with E-state index in [1.54, 1.807) is 0 Å². The third-order valence-corrected chi connectivity index (χ3v) is 5.14. The van der Waals surface area contributed by atoms with Gasteiger partial charge in [-0.15, -0.1) is 0 Å². The minimum Gasteiger partial charge on any atom is -0.487 e. The zero-order chi connectivity index (χ0) is 20.3. The summed E-state index contributed by atoms with van der Waals surface area (Å²) in [5.41, 5.74) is 3.04. The van der Waals surface area contributed by atoms with E-state index in [4.69, 9.17) is 14.3 Å². The molecule has 6 nitrogen and oxygen atoms in total. The monoisotopic (exact) mass is 384 g/mol. The van der Waals surface area contributed by atoms with E-state index in [0.29, 0.717) is 6.54 Å². The molecule has 0 spiro atoms. The van der Waals surface area contributed by atoms with E-state index in [-0.39, 0.29) is 17.6 Å². The van der Waals surface area contributed by atoms with Crippen LogP contribution in [-0.2, 0) is 0 Å². The fourth-order valence-electron chi connectivity index (χ4n) is 3.93. The Hall–Kier alpha value is -2.50. The van der Waals surface area contributed by atoms with Gasteiger partial charge in [-0.05, 0) is 40.7 Å². The highest BCUT2D eigenvalue weighted by Crippen LogP contribution is 2.39. The van der Waals surface area contributed by atoms with Crippen LogP contribution in [0.1, 0.15) is 68.7 Å². The molecule has 0 radical (unpaired) electrons. The summed E-state index contributed by atoms with van der Waals surface area (Å²) in [6.45, 7) is 13.9. The molecule has 1 aliphatic rings. The van der Waals surface area contributed by atoms with Gasteiger partial charge in [-0.2, -0.15) is 0 Å². The van der Waals surface area contributed by atoms with Crippen LogP contribution in [0.2, 0.25) is 0 Å². The second kappa shape index (κ2) is 8.25. The van der Waals surface area contributed by atoms with E-state index in [0.717, 1.165) is 41.7 Å². The lowest BCUT2D eigenvalue weighted by Gasteiger charge is -2.38. The predicted octanol–water partition coefficient (Wildman–Crippen LogP) is 4.25. The van der Waals surface area contributed by atoms with Crippen LogP contribution in [0.25, 0.3) is 0 Å². The number of ether oxygens (including phenoxy) is 1. The minimum atomic E-state index is -0.229. The largest absolute Gasteiger partial charge is 0.487 e. The maximum atomic E-state index is 6.15. The average molecular weight is 385 g/mol. The number of aromatic nitrogens is 1. The van der Waals surface area contributed by atoms with E-state index < -0.39 is 0 Å². The van der Waals surface area contributed by atoms with Gasteiger partial charge >= 0.3 is 0 Å². The molecule has 2 N–H and O–H groups in total. The van der Waals surface area contributed by atoms with Crippen molar-refractivity contribution in [1.82, 2.24) is 15.8 Å². The molecular formula is C22H32N4O2. The number of hydrogen-bond donors (Lipinski definition) is 2. The topological polar surface area (TPSA) is 71.7 Å². The Labute approximate surface area is 167 Å². The molecule has 2 aromatic rings. The highest BCUT2D eigenvalue weighted by molar-refractivity contribution is 5.80. The quantitative estimate of drug-likeness (QED) is 0.595. The summed E-state index contributed by atoms with van der Waals surface area (Å²) in [5.74, 6) is 2.87. The van der Waals surface area contributed by atoms with Crippen LogP contribution in [0.15, 0.2) is 33.8 Å². The number of nitrogens with zero attached hydrogens (tertiary/aromatic N) is 2. The molecule has 3 rings (SSSR count). The van der Waals surface area contributed by atoms with Crippen LogP contribution in [0.4, 0.5) is 0 Å². The van der Waals surface area contributed by atoms with Crippen molar-refractivity contribution >= 4 is 5.96 Å². The van der Waals surface area contributed by atoms with Crippen molar-refractivity contribution in [3.05, 3.63) is 46.8 Å². The second-order valence-corrected chi connectivity index (χ2v) is 8.16. The van der Waals surface area contributed by atoms with Gasteiger partial charge in [-0.1, -0.05) is 30.3 Å². The van der Waals surface area contributed by atoms with Crippen molar-refractivity contribution in [2.24, 2.45) is 4.99 Å². The summed E-state index contributed by atoms with van der Waals surface area (Å²) in [4.78, 5) is 4.85. The number of rotatable bonds is 5. The second-order valence-electron chi connectivity index (χ2n) is 8.16. The van der Waals surface area contributed by atoms with Crippen LogP contribution in [-0.4, -0.2) is 29.8 Å². The molecular weight excluding hydrogens is 352 g/mol. The Bertz CT molecular complexity index is 821. The molecule has 2 unspecified atom stereocenters. The molecule has 0 fully saturated rings. The van der Waals surface area contributed by atoms with E-state index in [1.807, 2.05) is 26.0 Å². The standard InChI is InChI=1S/C22H32N4O2/c1-7-23-21(24-13-14(2)20-15(3)26-28-16(20)4)25-18-12-22(5,6)27-19-11-9-8-10-17(18)19/h8-11,14,18H,7,12-13H2,1-6H3,(H2,23,24,25). The smallest absolute Gasteiger partial charge is 0.191 e. The van der Waals surface area contributed by atoms with Gasteiger partial charge in [-0.3, -0.25) is 4.99 Å². The Morgan fingerprint density at radius 2 is 2.07 bits per heavy atom. The fraction of sp³-hybridized carbons (Fsp3) is 0.545. The molecule has 1 aromatic heterocycles. The summed E-state index contributed by atoms with van der Waals surface area (Å²) in [6, 6.07) is 8.38.